The third-order valence-corrected chi connectivity index (χ3v) is 4.07. The van der Waals surface area contributed by atoms with Crippen molar-refractivity contribution in [2.75, 3.05) is 7.11 Å². The molecule has 2 aromatic carbocycles. The number of hydrazine groups is 1. The normalized spacial score (nSPS) is 12.2. The number of hydrogen-bond acceptors (Lipinski definition) is 3. The summed E-state index contributed by atoms with van der Waals surface area (Å²) >= 11 is 15.6. The Morgan fingerprint density at radius 3 is 2.57 bits per heavy atom. The largest absolute Gasteiger partial charge is 0.496 e. The molecule has 112 valence electrons. The van der Waals surface area contributed by atoms with Gasteiger partial charge in [-0.1, -0.05) is 39.1 Å². The van der Waals surface area contributed by atoms with Gasteiger partial charge in [0.25, 0.3) is 0 Å². The topological polar surface area (TPSA) is 47.3 Å². The lowest BCUT2D eigenvalue weighted by atomic mass is 9.99. The van der Waals surface area contributed by atoms with Gasteiger partial charge in [0.15, 0.2) is 0 Å². The summed E-state index contributed by atoms with van der Waals surface area (Å²) in [6.45, 7) is 0. The Balaban J connectivity index is 2.32. The third-order valence-electron chi connectivity index (χ3n) is 3.15. The quantitative estimate of drug-likeness (QED) is 0.584. The molecule has 2 aromatic rings. The summed E-state index contributed by atoms with van der Waals surface area (Å²) in [5.41, 5.74) is 4.77. The summed E-state index contributed by atoms with van der Waals surface area (Å²) in [6.07, 6.45) is 0.632. The monoisotopic (exact) mass is 388 g/mol. The van der Waals surface area contributed by atoms with Crippen molar-refractivity contribution >= 4 is 39.1 Å². The van der Waals surface area contributed by atoms with Gasteiger partial charge < -0.3 is 4.74 Å². The molecule has 0 saturated heterocycles. The Morgan fingerprint density at radius 1 is 1.19 bits per heavy atom. The zero-order valence-corrected chi connectivity index (χ0v) is 14.5. The number of ether oxygens (including phenoxy) is 1. The number of nitrogens with two attached hydrogens (primary N) is 1. The van der Waals surface area contributed by atoms with E-state index in [1.807, 2.05) is 30.3 Å². The van der Waals surface area contributed by atoms with E-state index in [4.69, 9.17) is 33.8 Å². The van der Waals surface area contributed by atoms with Crippen LogP contribution in [0.4, 0.5) is 0 Å². The zero-order valence-electron chi connectivity index (χ0n) is 11.4. The van der Waals surface area contributed by atoms with Crippen molar-refractivity contribution < 1.29 is 4.74 Å². The second kappa shape index (κ2) is 7.47. The van der Waals surface area contributed by atoms with Crippen LogP contribution in [0.15, 0.2) is 40.9 Å². The smallest absolute Gasteiger partial charge is 0.122 e. The molecule has 0 bridgehead atoms. The van der Waals surface area contributed by atoms with Crippen LogP contribution in [0.25, 0.3) is 0 Å². The van der Waals surface area contributed by atoms with Crippen LogP contribution in [0, 0.1) is 0 Å². The maximum atomic E-state index is 6.09. The first kappa shape index (κ1) is 16.6. The molecule has 0 aliphatic heterocycles. The van der Waals surface area contributed by atoms with Gasteiger partial charge in [-0.25, -0.2) is 0 Å². The number of methoxy groups -OCH3 is 1. The summed E-state index contributed by atoms with van der Waals surface area (Å²) < 4.78 is 6.27. The van der Waals surface area contributed by atoms with Crippen LogP contribution in [0.3, 0.4) is 0 Å². The predicted molar refractivity (Wildman–Crippen MR) is 90.9 cm³/mol. The lowest BCUT2D eigenvalue weighted by Gasteiger charge is -2.19. The molecule has 0 fully saturated rings. The van der Waals surface area contributed by atoms with Gasteiger partial charge in [0, 0.05) is 14.5 Å². The van der Waals surface area contributed by atoms with E-state index in [-0.39, 0.29) is 6.04 Å². The van der Waals surface area contributed by atoms with E-state index in [1.165, 1.54) is 0 Å². The van der Waals surface area contributed by atoms with Crippen LogP contribution in [-0.4, -0.2) is 7.11 Å². The van der Waals surface area contributed by atoms with Crippen molar-refractivity contribution in [2.24, 2.45) is 5.84 Å². The molecule has 0 amide bonds. The van der Waals surface area contributed by atoms with E-state index in [9.17, 15) is 0 Å². The van der Waals surface area contributed by atoms with Gasteiger partial charge in [0.2, 0.25) is 0 Å². The molecule has 0 radical (unpaired) electrons. The van der Waals surface area contributed by atoms with Crippen LogP contribution in [-0.2, 0) is 6.42 Å². The van der Waals surface area contributed by atoms with Crippen molar-refractivity contribution in [3.8, 4) is 5.75 Å². The first-order valence-electron chi connectivity index (χ1n) is 6.28. The minimum Gasteiger partial charge on any atom is -0.496 e. The number of hydrogen-bond donors (Lipinski definition) is 2. The minimum absolute atomic E-state index is 0.104. The highest BCUT2D eigenvalue weighted by Gasteiger charge is 2.15. The number of rotatable bonds is 5. The van der Waals surface area contributed by atoms with Crippen molar-refractivity contribution in [1.29, 1.82) is 0 Å². The predicted octanol–water partition coefficient (Wildman–Crippen LogP) is 4.51. The molecule has 0 heterocycles. The fourth-order valence-electron chi connectivity index (χ4n) is 2.18. The Bertz CT molecular complexity index is 617. The molecule has 1 unspecified atom stereocenters. The molecule has 0 spiro atoms. The molecular weight excluding hydrogens is 375 g/mol. The highest BCUT2D eigenvalue weighted by molar-refractivity contribution is 9.10. The van der Waals surface area contributed by atoms with Crippen molar-refractivity contribution in [3.05, 3.63) is 62.0 Å². The standard InChI is InChI=1S/C15H15BrCl2N2O/c1-21-15-3-2-12(17)6-10(15)7-14(20-19)9-4-11(16)8-13(18)5-9/h2-6,8,14,20H,7,19H2,1H3. The van der Waals surface area contributed by atoms with E-state index >= 15 is 0 Å². The number of nitrogens with one attached hydrogen (secondary N) is 1. The second-order valence-electron chi connectivity index (χ2n) is 4.58. The molecule has 6 heteroatoms. The van der Waals surface area contributed by atoms with Crippen LogP contribution in [0.5, 0.6) is 5.75 Å². The fourth-order valence-corrected chi connectivity index (χ4v) is 3.26. The van der Waals surface area contributed by atoms with E-state index in [2.05, 4.69) is 21.4 Å². The van der Waals surface area contributed by atoms with E-state index in [0.29, 0.717) is 16.5 Å². The van der Waals surface area contributed by atoms with Crippen LogP contribution < -0.4 is 16.0 Å². The SMILES string of the molecule is COc1ccc(Cl)cc1CC(NN)c1cc(Cl)cc(Br)c1. The minimum atomic E-state index is -0.104. The van der Waals surface area contributed by atoms with E-state index in [1.54, 1.807) is 13.2 Å². The lowest BCUT2D eigenvalue weighted by molar-refractivity contribution is 0.405. The summed E-state index contributed by atoms with van der Waals surface area (Å²) in [5.74, 6) is 6.48. The molecule has 3 nitrogen and oxygen atoms in total. The molecule has 21 heavy (non-hydrogen) atoms. The molecule has 0 aliphatic rings. The van der Waals surface area contributed by atoms with Crippen LogP contribution in [0.2, 0.25) is 10.0 Å². The zero-order chi connectivity index (χ0) is 15.4. The summed E-state index contributed by atoms with van der Waals surface area (Å²) in [5, 5.41) is 1.31. The van der Waals surface area contributed by atoms with Gasteiger partial charge in [-0.15, -0.1) is 0 Å². The Morgan fingerprint density at radius 2 is 1.95 bits per heavy atom. The van der Waals surface area contributed by atoms with Gasteiger partial charge in [0.05, 0.1) is 13.2 Å². The van der Waals surface area contributed by atoms with Gasteiger partial charge in [-0.3, -0.25) is 11.3 Å². The third kappa shape index (κ3) is 4.34. The first-order valence-corrected chi connectivity index (χ1v) is 7.83. The van der Waals surface area contributed by atoms with Crippen LogP contribution >= 0.6 is 39.1 Å². The maximum Gasteiger partial charge on any atom is 0.122 e. The van der Waals surface area contributed by atoms with Gasteiger partial charge >= 0.3 is 0 Å². The molecule has 3 N–H and O–H groups in total. The fraction of sp³-hybridized carbons (Fsp3) is 0.200. The van der Waals surface area contributed by atoms with Crippen molar-refractivity contribution in [1.82, 2.24) is 5.43 Å². The van der Waals surface area contributed by atoms with Gasteiger partial charge in [-0.05, 0) is 53.9 Å². The van der Waals surface area contributed by atoms with Crippen molar-refractivity contribution in [3.63, 3.8) is 0 Å². The first-order chi connectivity index (χ1) is 10.0. The number of halogens is 3. The highest BCUT2D eigenvalue weighted by atomic mass is 79.9. The summed E-state index contributed by atoms with van der Waals surface area (Å²) in [7, 11) is 1.63. The molecular formula is C15H15BrCl2N2O. The highest BCUT2D eigenvalue weighted by Crippen LogP contribution is 2.30. The lowest BCUT2D eigenvalue weighted by Crippen LogP contribution is -2.29. The average Bonchev–Trinajstić information content (AvgIpc) is 2.43. The molecule has 0 aliphatic carbocycles. The average molecular weight is 390 g/mol. The van der Waals surface area contributed by atoms with E-state index < -0.39 is 0 Å². The van der Waals surface area contributed by atoms with Crippen molar-refractivity contribution in [2.45, 2.75) is 12.5 Å². The molecule has 2 rings (SSSR count). The molecule has 0 saturated carbocycles. The summed E-state index contributed by atoms with van der Waals surface area (Å²) in [6, 6.07) is 11.1. The molecule has 1 atom stereocenters. The Labute approximate surface area is 142 Å². The maximum absolute atomic E-state index is 6.09. The molecule has 0 aromatic heterocycles. The van der Waals surface area contributed by atoms with E-state index in [0.717, 1.165) is 21.3 Å². The van der Waals surface area contributed by atoms with Gasteiger partial charge in [0.1, 0.15) is 5.75 Å². The number of benzene rings is 2. The van der Waals surface area contributed by atoms with Gasteiger partial charge in [-0.2, -0.15) is 0 Å². The second-order valence-corrected chi connectivity index (χ2v) is 6.37. The van der Waals surface area contributed by atoms with Crippen LogP contribution in [0.1, 0.15) is 17.2 Å². The Hall–Kier alpha value is -0.780. The Kier molecular flexibility index (Phi) is 5.90. The summed E-state index contributed by atoms with van der Waals surface area (Å²) in [4.78, 5) is 0.